The van der Waals surface area contributed by atoms with E-state index in [1.54, 1.807) is 6.26 Å². The minimum atomic E-state index is -0.0412. The molecule has 1 fully saturated rings. The van der Waals surface area contributed by atoms with Gasteiger partial charge in [-0.05, 0) is 63.6 Å². The standard InChI is InChI=1S/C21H25N3O2/c1-12-7-13(2)20-17(11-26-18(20)8-12)9-19(25)23-21-14(3)10-22-24(21)15(4)16-5-6-16/h7-8,10-11,15-16H,5-6,9H2,1-4H3,(H,23,25). The van der Waals surface area contributed by atoms with Crippen LogP contribution in [-0.2, 0) is 11.2 Å². The first-order chi connectivity index (χ1) is 12.4. The second kappa shape index (κ2) is 6.31. The maximum absolute atomic E-state index is 12.7. The van der Waals surface area contributed by atoms with Crippen LogP contribution >= 0.6 is 0 Å². The first kappa shape index (κ1) is 16.9. The number of hydrogen-bond acceptors (Lipinski definition) is 3. The van der Waals surface area contributed by atoms with E-state index >= 15 is 0 Å². The molecule has 0 saturated heterocycles. The molecular weight excluding hydrogens is 326 g/mol. The van der Waals surface area contributed by atoms with Crippen LogP contribution in [-0.4, -0.2) is 15.7 Å². The van der Waals surface area contributed by atoms with Gasteiger partial charge in [-0.2, -0.15) is 5.10 Å². The normalized spacial score (nSPS) is 15.4. The number of aromatic nitrogens is 2. The van der Waals surface area contributed by atoms with Gasteiger partial charge < -0.3 is 9.73 Å². The lowest BCUT2D eigenvalue weighted by molar-refractivity contribution is -0.115. The van der Waals surface area contributed by atoms with Gasteiger partial charge in [-0.1, -0.05) is 6.07 Å². The lowest BCUT2D eigenvalue weighted by Gasteiger charge is -2.16. The van der Waals surface area contributed by atoms with Crippen molar-refractivity contribution in [3.8, 4) is 0 Å². The van der Waals surface area contributed by atoms with Crippen molar-refractivity contribution in [2.24, 2.45) is 5.92 Å². The first-order valence-corrected chi connectivity index (χ1v) is 9.25. The van der Waals surface area contributed by atoms with E-state index in [1.165, 1.54) is 12.8 Å². The van der Waals surface area contributed by atoms with Gasteiger partial charge in [-0.3, -0.25) is 4.79 Å². The van der Waals surface area contributed by atoms with Crippen LogP contribution in [0.15, 0.2) is 29.0 Å². The van der Waals surface area contributed by atoms with E-state index in [0.29, 0.717) is 18.4 Å². The number of benzene rings is 1. The van der Waals surface area contributed by atoms with Crippen molar-refractivity contribution in [1.29, 1.82) is 0 Å². The Hall–Kier alpha value is -2.56. The summed E-state index contributed by atoms with van der Waals surface area (Å²) in [5, 5.41) is 8.60. The quantitative estimate of drug-likeness (QED) is 0.724. The zero-order valence-corrected chi connectivity index (χ0v) is 15.8. The van der Waals surface area contributed by atoms with E-state index in [4.69, 9.17) is 4.42 Å². The maximum Gasteiger partial charge on any atom is 0.230 e. The van der Waals surface area contributed by atoms with Crippen LogP contribution in [0.2, 0.25) is 0 Å². The van der Waals surface area contributed by atoms with Gasteiger partial charge in [0.25, 0.3) is 0 Å². The Morgan fingerprint density at radius 3 is 2.81 bits per heavy atom. The van der Waals surface area contributed by atoms with Gasteiger partial charge in [0.2, 0.25) is 5.91 Å². The van der Waals surface area contributed by atoms with E-state index in [2.05, 4.69) is 30.3 Å². The fourth-order valence-electron chi connectivity index (χ4n) is 3.80. The van der Waals surface area contributed by atoms with Crippen LogP contribution < -0.4 is 5.32 Å². The Morgan fingerprint density at radius 2 is 2.08 bits per heavy atom. The second-order valence-corrected chi connectivity index (χ2v) is 7.64. The minimum Gasteiger partial charge on any atom is -0.464 e. The molecule has 5 heteroatoms. The third-order valence-electron chi connectivity index (χ3n) is 5.37. The lowest BCUT2D eigenvalue weighted by atomic mass is 10.0. The molecule has 1 unspecified atom stereocenters. The molecule has 4 rings (SSSR count). The fraction of sp³-hybridized carbons (Fsp3) is 0.429. The highest BCUT2D eigenvalue weighted by Gasteiger charge is 2.31. The molecule has 1 aliphatic rings. The van der Waals surface area contributed by atoms with Crippen LogP contribution in [0.1, 0.15) is 48.1 Å². The van der Waals surface area contributed by atoms with E-state index in [1.807, 2.05) is 30.8 Å². The zero-order valence-electron chi connectivity index (χ0n) is 15.8. The monoisotopic (exact) mass is 351 g/mol. The summed E-state index contributed by atoms with van der Waals surface area (Å²) in [7, 11) is 0. The van der Waals surface area contributed by atoms with Crippen molar-refractivity contribution in [3.63, 3.8) is 0 Å². The summed E-state index contributed by atoms with van der Waals surface area (Å²) in [5.41, 5.74) is 5.06. The number of anilines is 1. The number of fused-ring (bicyclic) bond motifs is 1. The average Bonchev–Trinajstić information content (AvgIpc) is 3.27. The summed E-state index contributed by atoms with van der Waals surface area (Å²) in [6.07, 6.45) is 6.31. The Labute approximate surface area is 153 Å². The smallest absolute Gasteiger partial charge is 0.230 e. The number of hydrogen-bond donors (Lipinski definition) is 1. The molecule has 2 heterocycles. The van der Waals surface area contributed by atoms with Gasteiger partial charge in [-0.15, -0.1) is 0 Å². The highest BCUT2D eigenvalue weighted by Crippen LogP contribution is 2.40. The van der Waals surface area contributed by atoms with Gasteiger partial charge in [0.05, 0.1) is 24.9 Å². The molecule has 1 amide bonds. The Balaban J connectivity index is 1.56. The molecule has 136 valence electrons. The molecule has 0 aliphatic heterocycles. The minimum absolute atomic E-state index is 0.0412. The van der Waals surface area contributed by atoms with Crippen LogP contribution in [0, 0.1) is 26.7 Å². The Morgan fingerprint density at radius 1 is 1.31 bits per heavy atom. The number of aryl methyl sites for hydroxylation is 3. The van der Waals surface area contributed by atoms with Crippen molar-refractivity contribution in [2.45, 2.75) is 53.0 Å². The predicted octanol–water partition coefficient (Wildman–Crippen LogP) is 4.71. The topological polar surface area (TPSA) is 60.1 Å². The van der Waals surface area contributed by atoms with Crippen LogP contribution in [0.3, 0.4) is 0 Å². The van der Waals surface area contributed by atoms with Crippen LogP contribution in [0.5, 0.6) is 0 Å². The number of carbonyl (C=O) groups is 1. The van der Waals surface area contributed by atoms with E-state index in [-0.39, 0.29) is 5.91 Å². The Bertz CT molecular complexity index is 979. The van der Waals surface area contributed by atoms with Gasteiger partial charge >= 0.3 is 0 Å². The highest BCUT2D eigenvalue weighted by atomic mass is 16.3. The molecule has 1 N–H and O–H groups in total. The number of nitrogens with zero attached hydrogens (tertiary/aromatic N) is 2. The SMILES string of the molecule is Cc1cc(C)c2c(CC(=O)Nc3c(C)cnn3C(C)C3CC3)coc2c1. The van der Waals surface area contributed by atoms with E-state index in [0.717, 1.165) is 39.0 Å². The summed E-state index contributed by atoms with van der Waals surface area (Å²) in [6.45, 7) is 8.27. The van der Waals surface area contributed by atoms with Gasteiger partial charge in [-0.25, -0.2) is 4.68 Å². The molecule has 0 spiro atoms. The summed E-state index contributed by atoms with van der Waals surface area (Å²) in [6, 6.07) is 4.45. The van der Waals surface area contributed by atoms with Crippen LogP contribution in [0.4, 0.5) is 5.82 Å². The molecular formula is C21H25N3O2. The van der Waals surface area contributed by atoms with Crippen molar-refractivity contribution in [3.05, 3.63) is 46.8 Å². The van der Waals surface area contributed by atoms with Crippen molar-refractivity contribution < 1.29 is 9.21 Å². The molecule has 1 saturated carbocycles. The Kier molecular flexibility index (Phi) is 4.10. The number of carbonyl (C=O) groups excluding carboxylic acids is 1. The molecule has 5 nitrogen and oxygen atoms in total. The maximum atomic E-state index is 12.7. The first-order valence-electron chi connectivity index (χ1n) is 9.25. The third kappa shape index (κ3) is 3.02. The number of rotatable bonds is 5. The van der Waals surface area contributed by atoms with Crippen molar-refractivity contribution in [2.75, 3.05) is 5.32 Å². The summed E-state index contributed by atoms with van der Waals surface area (Å²) < 4.78 is 7.64. The largest absolute Gasteiger partial charge is 0.464 e. The van der Waals surface area contributed by atoms with Crippen molar-refractivity contribution in [1.82, 2.24) is 9.78 Å². The highest BCUT2D eigenvalue weighted by molar-refractivity contribution is 5.96. The molecule has 26 heavy (non-hydrogen) atoms. The molecule has 2 aromatic heterocycles. The molecule has 1 aliphatic carbocycles. The van der Waals surface area contributed by atoms with E-state index < -0.39 is 0 Å². The summed E-state index contributed by atoms with van der Waals surface area (Å²) in [4.78, 5) is 12.7. The lowest BCUT2D eigenvalue weighted by Crippen LogP contribution is -2.20. The number of nitrogens with one attached hydrogen (secondary N) is 1. The number of amides is 1. The van der Waals surface area contributed by atoms with Crippen molar-refractivity contribution >= 4 is 22.7 Å². The second-order valence-electron chi connectivity index (χ2n) is 7.64. The third-order valence-corrected chi connectivity index (χ3v) is 5.37. The summed E-state index contributed by atoms with van der Waals surface area (Å²) >= 11 is 0. The zero-order chi connectivity index (χ0) is 18.4. The molecule has 3 aromatic rings. The predicted molar refractivity (Wildman–Crippen MR) is 102 cm³/mol. The number of furan rings is 1. The molecule has 1 aromatic carbocycles. The summed E-state index contributed by atoms with van der Waals surface area (Å²) in [5.74, 6) is 1.45. The molecule has 0 bridgehead atoms. The molecule has 1 atom stereocenters. The average molecular weight is 351 g/mol. The van der Waals surface area contributed by atoms with Crippen LogP contribution in [0.25, 0.3) is 11.0 Å². The fourth-order valence-corrected chi connectivity index (χ4v) is 3.80. The van der Waals surface area contributed by atoms with E-state index in [9.17, 15) is 4.79 Å². The van der Waals surface area contributed by atoms with Gasteiger partial charge in [0.1, 0.15) is 11.4 Å². The molecule has 0 radical (unpaired) electrons. The van der Waals surface area contributed by atoms with Gasteiger partial charge in [0.15, 0.2) is 0 Å². The van der Waals surface area contributed by atoms with Gasteiger partial charge in [0, 0.05) is 16.5 Å².